The Bertz CT molecular complexity index is 292. The molecule has 0 saturated carbocycles. The maximum absolute atomic E-state index is 5.85. The fourth-order valence-electron chi connectivity index (χ4n) is 0.885. The van der Waals surface area contributed by atoms with Gasteiger partial charge in [0.15, 0.2) is 0 Å². The van der Waals surface area contributed by atoms with E-state index in [-0.39, 0.29) is 0 Å². The molecule has 0 saturated heterocycles. The zero-order chi connectivity index (χ0) is 8.43. The van der Waals surface area contributed by atoms with E-state index in [1.54, 1.807) is 0 Å². The van der Waals surface area contributed by atoms with Crippen molar-refractivity contribution in [2.75, 3.05) is 0 Å². The number of benzene rings is 1. The standard InChI is InChI=1S/C9H10ClN/c1-6-3-4-9(10)8(5-6)7(2)11/h3-5H,2,11H2,1H3. The van der Waals surface area contributed by atoms with Crippen molar-refractivity contribution >= 4 is 17.3 Å². The summed E-state index contributed by atoms with van der Waals surface area (Å²) in [7, 11) is 0. The molecule has 0 atom stereocenters. The topological polar surface area (TPSA) is 26.0 Å². The predicted octanol–water partition coefficient (Wildman–Crippen LogP) is 2.58. The van der Waals surface area contributed by atoms with E-state index in [1.165, 1.54) is 0 Å². The van der Waals surface area contributed by atoms with Crippen molar-refractivity contribution in [2.45, 2.75) is 6.92 Å². The normalized spacial score (nSPS) is 9.64. The van der Waals surface area contributed by atoms with Gasteiger partial charge in [0.05, 0.1) is 0 Å². The van der Waals surface area contributed by atoms with Crippen molar-refractivity contribution in [1.29, 1.82) is 0 Å². The van der Waals surface area contributed by atoms with E-state index in [2.05, 4.69) is 6.58 Å². The fourth-order valence-corrected chi connectivity index (χ4v) is 1.12. The molecule has 1 aromatic carbocycles. The number of halogens is 1. The maximum Gasteiger partial charge on any atom is 0.0499 e. The molecule has 1 rings (SSSR count). The lowest BCUT2D eigenvalue weighted by Gasteiger charge is -2.03. The van der Waals surface area contributed by atoms with Crippen molar-refractivity contribution in [3.05, 3.63) is 40.9 Å². The summed E-state index contributed by atoms with van der Waals surface area (Å²) < 4.78 is 0. The third kappa shape index (κ3) is 1.75. The number of hydrogen-bond acceptors (Lipinski definition) is 1. The Morgan fingerprint density at radius 2 is 2.18 bits per heavy atom. The summed E-state index contributed by atoms with van der Waals surface area (Å²) in [6.07, 6.45) is 0. The highest BCUT2D eigenvalue weighted by Gasteiger charge is 1.99. The minimum absolute atomic E-state index is 0.513. The van der Waals surface area contributed by atoms with Crippen LogP contribution in [-0.2, 0) is 0 Å². The highest BCUT2D eigenvalue weighted by molar-refractivity contribution is 6.32. The van der Waals surface area contributed by atoms with Crippen molar-refractivity contribution in [1.82, 2.24) is 0 Å². The van der Waals surface area contributed by atoms with E-state index in [1.807, 2.05) is 25.1 Å². The van der Waals surface area contributed by atoms with Crippen LogP contribution in [0, 0.1) is 6.92 Å². The molecule has 0 amide bonds. The third-order valence-corrected chi connectivity index (χ3v) is 1.80. The van der Waals surface area contributed by atoms with Crippen LogP contribution in [0.5, 0.6) is 0 Å². The van der Waals surface area contributed by atoms with E-state index in [0.29, 0.717) is 10.7 Å². The van der Waals surface area contributed by atoms with Gasteiger partial charge in [0.25, 0.3) is 0 Å². The first kappa shape index (κ1) is 8.15. The monoisotopic (exact) mass is 167 g/mol. The number of aryl methyl sites for hydroxylation is 1. The van der Waals surface area contributed by atoms with Gasteiger partial charge in [0, 0.05) is 16.3 Å². The summed E-state index contributed by atoms with van der Waals surface area (Å²) in [4.78, 5) is 0. The summed E-state index contributed by atoms with van der Waals surface area (Å²) in [6.45, 7) is 5.61. The molecule has 0 unspecified atom stereocenters. The molecule has 1 nitrogen and oxygen atoms in total. The van der Waals surface area contributed by atoms with Crippen LogP contribution < -0.4 is 5.73 Å². The van der Waals surface area contributed by atoms with Gasteiger partial charge in [-0.25, -0.2) is 0 Å². The maximum atomic E-state index is 5.85. The summed E-state index contributed by atoms with van der Waals surface area (Å²) in [5.41, 5.74) is 7.98. The van der Waals surface area contributed by atoms with Gasteiger partial charge in [0.1, 0.15) is 0 Å². The zero-order valence-electron chi connectivity index (χ0n) is 6.39. The van der Waals surface area contributed by atoms with Gasteiger partial charge in [-0.3, -0.25) is 0 Å². The first-order valence-corrected chi connectivity index (χ1v) is 3.70. The molecule has 2 N–H and O–H groups in total. The quantitative estimate of drug-likeness (QED) is 0.684. The van der Waals surface area contributed by atoms with E-state index < -0.39 is 0 Å². The van der Waals surface area contributed by atoms with E-state index in [9.17, 15) is 0 Å². The van der Waals surface area contributed by atoms with Crippen molar-refractivity contribution < 1.29 is 0 Å². The van der Waals surface area contributed by atoms with Gasteiger partial charge in [0.2, 0.25) is 0 Å². The predicted molar refractivity (Wildman–Crippen MR) is 49.4 cm³/mol. The molecule has 0 spiro atoms. The first-order chi connectivity index (χ1) is 5.11. The van der Waals surface area contributed by atoms with Crippen LogP contribution >= 0.6 is 11.6 Å². The molecule has 0 fully saturated rings. The van der Waals surface area contributed by atoms with Crippen LogP contribution in [0.15, 0.2) is 24.8 Å². The molecule has 0 aliphatic carbocycles. The van der Waals surface area contributed by atoms with Crippen molar-refractivity contribution in [3.8, 4) is 0 Å². The fraction of sp³-hybridized carbons (Fsp3) is 0.111. The minimum Gasteiger partial charge on any atom is -0.399 e. The minimum atomic E-state index is 0.513. The van der Waals surface area contributed by atoms with Gasteiger partial charge in [-0.1, -0.05) is 29.8 Å². The van der Waals surface area contributed by atoms with Crippen LogP contribution in [0.3, 0.4) is 0 Å². The molecule has 11 heavy (non-hydrogen) atoms. The molecule has 1 aromatic rings. The van der Waals surface area contributed by atoms with Crippen LogP contribution in [0.25, 0.3) is 5.70 Å². The molecular formula is C9H10ClN. The first-order valence-electron chi connectivity index (χ1n) is 3.32. The summed E-state index contributed by atoms with van der Waals surface area (Å²) in [6, 6.07) is 5.68. The van der Waals surface area contributed by atoms with Crippen LogP contribution in [0.1, 0.15) is 11.1 Å². The molecule has 0 bridgehead atoms. The molecule has 0 radical (unpaired) electrons. The largest absolute Gasteiger partial charge is 0.399 e. The van der Waals surface area contributed by atoms with Crippen LogP contribution in [-0.4, -0.2) is 0 Å². The molecule has 0 aliphatic heterocycles. The Morgan fingerprint density at radius 3 is 2.64 bits per heavy atom. The number of nitrogens with two attached hydrogens (primary N) is 1. The molecule has 0 aromatic heterocycles. The van der Waals surface area contributed by atoms with Crippen molar-refractivity contribution in [2.24, 2.45) is 5.73 Å². The molecular weight excluding hydrogens is 158 g/mol. The molecule has 2 heteroatoms. The Labute approximate surface area is 71.5 Å². The van der Waals surface area contributed by atoms with Crippen LogP contribution in [0.2, 0.25) is 5.02 Å². The average Bonchev–Trinajstić information content (AvgIpc) is 1.94. The second-order valence-electron chi connectivity index (χ2n) is 2.51. The second-order valence-corrected chi connectivity index (χ2v) is 2.92. The second kappa shape index (κ2) is 2.97. The molecule has 0 heterocycles. The van der Waals surface area contributed by atoms with Gasteiger partial charge in [-0.05, 0) is 19.1 Å². The van der Waals surface area contributed by atoms with Gasteiger partial charge < -0.3 is 5.73 Å². The molecule has 0 aliphatic rings. The Kier molecular flexibility index (Phi) is 2.20. The number of hydrogen-bond donors (Lipinski definition) is 1. The van der Waals surface area contributed by atoms with Crippen LogP contribution in [0.4, 0.5) is 0 Å². The highest BCUT2D eigenvalue weighted by Crippen LogP contribution is 2.20. The highest BCUT2D eigenvalue weighted by atomic mass is 35.5. The SMILES string of the molecule is C=C(N)c1cc(C)ccc1Cl. The van der Waals surface area contributed by atoms with Gasteiger partial charge >= 0.3 is 0 Å². The smallest absolute Gasteiger partial charge is 0.0499 e. The lowest BCUT2D eigenvalue weighted by molar-refractivity contribution is 1.43. The van der Waals surface area contributed by atoms with E-state index in [4.69, 9.17) is 17.3 Å². The summed E-state index contributed by atoms with van der Waals surface area (Å²) in [5.74, 6) is 0. The zero-order valence-corrected chi connectivity index (χ0v) is 7.15. The lowest BCUT2D eigenvalue weighted by Crippen LogP contribution is -1.94. The van der Waals surface area contributed by atoms with Gasteiger partial charge in [-0.2, -0.15) is 0 Å². The third-order valence-electron chi connectivity index (χ3n) is 1.47. The Hall–Kier alpha value is -0.950. The number of rotatable bonds is 1. The lowest BCUT2D eigenvalue weighted by atomic mass is 10.1. The summed E-state index contributed by atoms with van der Waals surface area (Å²) >= 11 is 5.85. The Morgan fingerprint density at radius 1 is 1.55 bits per heavy atom. The Balaban J connectivity index is 3.23. The van der Waals surface area contributed by atoms with E-state index >= 15 is 0 Å². The molecule has 58 valence electrons. The van der Waals surface area contributed by atoms with Crippen molar-refractivity contribution in [3.63, 3.8) is 0 Å². The summed E-state index contributed by atoms with van der Waals surface area (Å²) in [5, 5.41) is 0.656. The van der Waals surface area contributed by atoms with E-state index in [0.717, 1.165) is 11.1 Å². The average molecular weight is 168 g/mol. The van der Waals surface area contributed by atoms with Gasteiger partial charge in [-0.15, -0.1) is 0 Å².